The first-order valence-corrected chi connectivity index (χ1v) is 3.90. The van der Waals surface area contributed by atoms with Crippen molar-refractivity contribution in [3.63, 3.8) is 0 Å². The summed E-state index contributed by atoms with van der Waals surface area (Å²) >= 11 is 0. The van der Waals surface area contributed by atoms with Crippen LogP contribution in [0.15, 0.2) is 12.4 Å². The Morgan fingerprint density at radius 1 is 1.62 bits per heavy atom. The standard InChI is InChI=1S/C7H10N6/c1-13-4-5(3-9-13)7-10-6(2-8)11-12-7/h3-4H,2,8H2,1H3,(H,10,11,12). The third-order valence-corrected chi connectivity index (χ3v) is 1.69. The maximum atomic E-state index is 5.39. The van der Waals surface area contributed by atoms with Crippen LogP contribution in [0.2, 0.25) is 0 Å². The fourth-order valence-electron chi connectivity index (χ4n) is 1.05. The Labute approximate surface area is 74.8 Å². The number of hydrogen-bond donors (Lipinski definition) is 2. The Hall–Kier alpha value is -1.69. The van der Waals surface area contributed by atoms with E-state index in [1.54, 1.807) is 10.9 Å². The van der Waals surface area contributed by atoms with Crippen LogP contribution in [0.3, 0.4) is 0 Å². The molecule has 2 heterocycles. The van der Waals surface area contributed by atoms with Crippen LogP contribution in [-0.4, -0.2) is 25.0 Å². The topological polar surface area (TPSA) is 85.4 Å². The molecule has 0 aliphatic carbocycles. The molecule has 68 valence electrons. The molecule has 0 unspecified atom stereocenters. The van der Waals surface area contributed by atoms with E-state index in [0.717, 1.165) is 5.56 Å². The van der Waals surface area contributed by atoms with Crippen molar-refractivity contribution in [2.45, 2.75) is 6.54 Å². The summed E-state index contributed by atoms with van der Waals surface area (Å²) in [7, 11) is 1.85. The number of aryl methyl sites for hydroxylation is 1. The van der Waals surface area contributed by atoms with Gasteiger partial charge in [0.2, 0.25) is 0 Å². The highest BCUT2D eigenvalue weighted by Crippen LogP contribution is 2.11. The van der Waals surface area contributed by atoms with Crippen molar-refractivity contribution in [1.29, 1.82) is 0 Å². The smallest absolute Gasteiger partial charge is 0.184 e. The maximum absolute atomic E-state index is 5.39. The zero-order valence-corrected chi connectivity index (χ0v) is 7.23. The summed E-state index contributed by atoms with van der Waals surface area (Å²) in [5.74, 6) is 1.31. The molecule has 0 atom stereocenters. The summed E-state index contributed by atoms with van der Waals surface area (Å²) in [6.07, 6.45) is 3.56. The Morgan fingerprint density at radius 3 is 3.00 bits per heavy atom. The van der Waals surface area contributed by atoms with E-state index >= 15 is 0 Å². The van der Waals surface area contributed by atoms with Crippen molar-refractivity contribution in [3.05, 3.63) is 18.2 Å². The molecule has 0 aliphatic heterocycles. The number of rotatable bonds is 2. The van der Waals surface area contributed by atoms with E-state index in [4.69, 9.17) is 5.73 Å². The van der Waals surface area contributed by atoms with Crippen LogP contribution in [0.4, 0.5) is 0 Å². The van der Waals surface area contributed by atoms with E-state index < -0.39 is 0 Å². The second-order valence-corrected chi connectivity index (χ2v) is 2.71. The largest absolute Gasteiger partial charge is 0.324 e. The summed E-state index contributed by atoms with van der Waals surface area (Å²) in [4.78, 5) is 4.17. The molecule has 0 saturated heterocycles. The highest BCUT2D eigenvalue weighted by molar-refractivity contribution is 5.51. The number of aromatic amines is 1. The van der Waals surface area contributed by atoms with Crippen LogP contribution in [0.25, 0.3) is 11.4 Å². The minimum atomic E-state index is 0.368. The predicted molar refractivity (Wildman–Crippen MR) is 46.5 cm³/mol. The first kappa shape index (κ1) is 7.93. The Kier molecular flexibility index (Phi) is 1.82. The number of nitrogens with two attached hydrogens (primary N) is 1. The molecule has 0 radical (unpaired) electrons. The Bertz CT molecular complexity index is 401. The maximum Gasteiger partial charge on any atom is 0.184 e. The van der Waals surface area contributed by atoms with Gasteiger partial charge in [0.15, 0.2) is 5.82 Å². The van der Waals surface area contributed by atoms with Crippen LogP contribution in [0, 0.1) is 0 Å². The van der Waals surface area contributed by atoms with E-state index in [9.17, 15) is 0 Å². The summed E-state index contributed by atoms with van der Waals surface area (Å²) < 4.78 is 1.70. The number of nitrogens with one attached hydrogen (secondary N) is 1. The van der Waals surface area contributed by atoms with Crippen molar-refractivity contribution in [2.24, 2.45) is 12.8 Å². The summed E-state index contributed by atoms with van der Waals surface area (Å²) in [6, 6.07) is 0. The van der Waals surface area contributed by atoms with Gasteiger partial charge in [-0.3, -0.25) is 9.78 Å². The van der Waals surface area contributed by atoms with Crippen molar-refractivity contribution in [1.82, 2.24) is 25.0 Å². The molecule has 6 heteroatoms. The van der Waals surface area contributed by atoms with Gasteiger partial charge >= 0.3 is 0 Å². The number of H-pyrrole nitrogens is 1. The van der Waals surface area contributed by atoms with Gasteiger partial charge in [-0.15, -0.1) is 0 Å². The quantitative estimate of drug-likeness (QED) is 0.659. The van der Waals surface area contributed by atoms with Gasteiger partial charge in [-0.2, -0.15) is 10.2 Å². The Morgan fingerprint density at radius 2 is 2.46 bits per heavy atom. The fourth-order valence-corrected chi connectivity index (χ4v) is 1.05. The van der Waals surface area contributed by atoms with Gasteiger partial charge in [-0.25, -0.2) is 4.98 Å². The second-order valence-electron chi connectivity index (χ2n) is 2.71. The number of aromatic nitrogens is 5. The normalized spacial score (nSPS) is 10.6. The molecule has 0 aliphatic rings. The van der Waals surface area contributed by atoms with Gasteiger partial charge in [0.1, 0.15) is 5.82 Å². The van der Waals surface area contributed by atoms with Crippen molar-refractivity contribution < 1.29 is 0 Å². The first-order valence-electron chi connectivity index (χ1n) is 3.90. The average Bonchev–Trinajstić information content (AvgIpc) is 2.71. The lowest BCUT2D eigenvalue weighted by Gasteiger charge is -1.84. The number of hydrogen-bond acceptors (Lipinski definition) is 4. The molecule has 0 saturated carbocycles. The van der Waals surface area contributed by atoms with Crippen LogP contribution in [0.1, 0.15) is 5.82 Å². The van der Waals surface area contributed by atoms with Crippen LogP contribution in [-0.2, 0) is 13.6 Å². The van der Waals surface area contributed by atoms with E-state index in [1.165, 1.54) is 0 Å². The van der Waals surface area contributed by atoms with Gasteiger partial charge in [-0.05, 0) is 0 Å². The molecular weight excluding hydrogens is 168 g/mol. The summed E-state index contributed by atoms with van der Waals surface area (Å²) in [6.45, 7) is 0.368. The van der Waals surface area contributed by atoms with Crippen LogP contribution >= 0.6 is 0 Å². The zero-order valence-electron chi connectivity index (χ0n) is 7.23. The lowest BCUT2D eigenvalue weighted by molar-refractivity contribution is 0.768. The molecule has 0 spiro atoms. The van der Waals surface area contributed by atoms with Gasteiger partial charge < -0.3 is 5.73 Å². The molecule has 2 aromatic heterocycles. The third-order valence-electron chi connectivity index (χ3n) is 1.69. The lowest BCUT2D eigenvalue weighted by Crippen LogP contribution is -1.97. The van der Waals surface area contributed by atoms with E-state index in [0.29, 0.717) is 18.2 Å². The molecule has 0 bridgehead atoms. The van der Waals surface area contributed by atoms with Crippen LogP contribution < -0.4 is 5.73 Å². The number of nitrogens with zero attached hydrogens (tertiary/aromatic N) is 4. The molecule has 2 aromatic rings. The van der Waals surface area contributed by atoms with E-state index in [-0.39, 0.29) is 0 Å². The van der Waals surface area contributed by atoms with Gasteiger partial charge in [0.05, 0.1) is 18.3 Å². The minimum absolute atomic E-state index is 0.368. The monoisotopic (exact) mass is 178 g/mol. The van der Waals surface area contributed by atoms with Crippen molar-refractivity contribution >= 4 is 0 Å². The zero-order chi connectivity index (χ0) is 9.26. The van der Waals surface area contributed by atoms with Crippen molar-refractivity contribution in [3.8, 4) is 11.4 Å². The van der Waals surface area contributed by atoms with Gasteiger partial charge in [-0.1, -0.05) is 0 Å². The summed E-state index contributed by atoms with van der Waals surface area (Å²) in [5.41, 5.74) is 6.28. The SMILES string of the molecule is Cn1cc(-c2n[nH]c(CN)n2)cn1. The lowest BCUT2D eigenvalue weighted by atomic mass is 10.3. The third kappa shape index (κ3) is 1.43. The highest BCUT2D eigenvalue weighted by Gasteiger charge is 2.05. The van der Waals surface area contributed by atoms with Crippen LogP contribution in [0.5, 0.6) is 0 Å². The Balaban J connectivity index is 2.35. The average molecular weight is 178 g/mol. The molecule has 0 aromatic carbocycles. The molecule has 3 N–H and O–H groups in total. The van der Waals surface area contributed by atoms with E-state index in [1.807, 2.05) is 13.2 Å². The minimum Gasteiger partial charge on any atom is -0.324 e. The molecule has 2 rings (SSSR count). The molecule has 0 amide bonds. The predicted octanol–water partition coefficient (Wildman–Crippen LogP) is -0.336. The molecule has 13 heavy (non-hydrogen) atoms. The first-order chi connectivity index (χ1) is 6.29. The van der Waals surface area contributed by atoms with E-state index in [2.05, 4.69) is 20.3 Å². The van der Waals surface area contributed by atoms with Gasteiger partial charge in [0.25, 0.3) is 0 Å². The summed E-state index contributed by atoms with van der Waals surface area (Å²) in [5, 5.41) is 10.8. The second kappa shape index (κ2) is 2.98. The molecule has 6 nitrogen and oxygen atoms in total. The van der Waals surface area contributed by atoms with Gasteiger partial charge in [0, 0.05) is 13.2 Å². The van der Waals surface area contributed by atoms with Crippen molar-refractivity contribution in [2.75, 3.05) is 0 Å². The fraction of sp³-hybridized carbons (Fsp3) is 0.286. The highest BCUT2D eigenvalue weighted by atomic mass is 15.3. The molecule has 0 fully saturated rings. The molecular formula is C7H10N6.